The number of esters is 1. The molecule has 0 aliphatic carbocycles. The van der Waals surface area contributed by atoms with Gasteiger partial charge < -0.3 is 19.8 Å². The molecule has 40 heavy (non-hydrogen) atoms. The van der Waals surface area contributed by atoms with Gasteiger partial charge in [0.05, 0.1) is 50.0 Å². The van der Waals surface area contributed by atoms with Gasteiger partial charge in [0.1, 0.15) is 0 Å². The summed E-state index contributed by atoms with van der Waals surface area (Å²) in [5.41, 5.74) is 4.48. The Morgan fingerprint density at radius 3 is 2.48 bits per heavy atom. The van der Waals surface area contributed by atoms with Crippen LogP contribution in [0.3, 0.4) is 0 Å². The van der Waals surface area contributed by atoms with Crippen LogP contribution in [0.2, 0.25) is 10.0 Å². The number of fused-ring (bicyclic) bond motifs is 1. The smallest absolute Gasteiger partial charge is 0.337 e. The van der Waals surface area contributed by atoms with Gasteiger partial charge in [-0.05, 0) is 53.9 Å². The number of hydrogen-bond donors (Lipinski definition) is 3. The zero-order valence-electron chi connectivity index (χ0n) is 21.7. The largest absolute Gasteiger partial charge is 0.465 e. The monoisotopic (exact) mass is 586 g/mol. The van der Waals surface area contributed by atoms with Crippen molar-refractivity contribution in [2.75, 3.05) is 13.7 Å². The van der Waals surface area contributed by atoms with Crippen LogP contribution in [0.15, 0.2) is 66.7 Å². The summed E-state index contributed by atoms with van der Waals surface area (Å²) in [5.74, 6) is -2.61. The van der Waals surface area contributed by atoms with E-state index < -0.39 is 48.5 Å². The van der Waals surface area contributed by atoms with Gasteiger partial charge in [-0.15, -0.1) is 0 Å². The van der Waals surface area contributed by atoms with Gasteiger partial charge in [-0.2, -0.15) is 0 Å². The maximum Gasteiger partial charge on any atom is 0.337 e. The Hall–Kier alpha value is -3.47. The minimum atomic E-state index is -1.13. The topological polar surface area (TPSA) is 125 Å². The predicted molar refractivity (Wildman–Crippen MR) is 148 cm³/mol. The summed E-state index contributed by atoms with van der Waals surface area (Å²) < 4.78 is 4.75. The zero-order valence-corrected chi connectivity index (χ0v) is 23.2. The number of hydrogen-bond acceptors (Lipinski definition) is 7. The van der Waals surface area contributed by atoms with Gasteiger partial charge in [-0.25, -0.2) is 10.3 Å². The van der Waals surface area contributed by atoms with Gasteiger partial charge >= 0.3 is 5.97 Å². The third kappa shape index (κ3) is 5.99. The second-order valence-corrected chi connectivity index (χ2v) is 10.2. The first-order valence-corrected chi connectivity index (χ1v) is 13.2. The number of hydroxylamine groups is 1. The molecule has 1 aliphatic heterocycles. The van der Waals surface area contributed by atoms with E-state index in [0.717, 1.165) is 0 Å². The van der Waals surface area contributed by atoms with Crippen LogP contribution in [0, 0.1) is 0 Å². The Kier molecular flexibility index (Phi) is 9.44. The summed E-state index contributed by atoms with van der Waals surface area (Å²) in [4.78, 5) is 46.3. The number of amides is 2. The van der Waals surface area contributed by atoms with Crippen molar-refractivity contribution in [2.45, 2.75) is 37.6 Å². The second kappa shape index (κ2) is 12.8. The number of nitrogens with zero attached hydrogens (tertiary/aromatic N) is 1. The molecule has 3 N–H and O–H groups in total. The molecule has 1 heterocycles. The number of benzene rings is 3. The normalized spacial score (nSPS) is 18.1. The van der Waals surface area contributed by atoms with E-state index in [4.69, 9.17) is 32.8 Å². The number of nitrogens with one attached hydrogen (secondary N) is 1. The highest BCUT2D eigenvalue weighted by Gasteiger charge is 2.48. The molecule has 2 amide bonds. The van der Waals surface area contributed by atoms with E-state index in [2.05, 4.69) is 5.48 Å². The first kappa shape index (κ1) is 29.5. The Balaban J connectivity index is 1.73. The number of methoxy groups -OCH3 is 1. The van der Waals surface area contributed by atoms with E-state index in [1.165, 1.54) is 25.0 Å². The molecule has 0 saturated heterocycles. The molecular formula is C29H28Cl2N2O7. The lowest BCUT2D eigenvalue weighted by Gasteiger charge is -2.46. The summed E-state index contributed by atoms with van der Waals surface area (Å²) in [6.07, 6.45) is -1.13. The minimum Gasteiger partial charge on any atom is -0.465 e. The highest BCUT2D eigenvalue weighted by Crippen LogP contribution is 2.46. The lowest BCUT2D eigenvalue weighted by atomic mass is 9.78. The third-order valence-electron chi connectivity index (χ3n) is 6.80. The zero-order chi connectivity index (χ0) is 29.0. The molecular weight excluding hydrogens is 559 g/mol. The molecule has 3 aromatic carbocycles. The molecule has 210 valence electrons. The maximum absolute atomic E-state index is 13.8. The number of carbonyl (C=O) groups excluding carboxylic acids is 3. The second-order valence-electron chi connectivity index (χ2n) is 9.33. The van der Waals surface area contributed by atoms with Crippen LogP contribution < -0.4 is 5.48 Å². The number of ether oxygens (including phenoxy) is 1. The maximum atomic E-state index is 13.8. The lowest BCUT2D eigenvalue weighted by Crippen LogP contribution is -2.55. The van der Waals surface area contributed by atoms with Crippen molar-refractivity contribution in [1.82, 2.24) is 10.4 Å². The van der Waals surface area contributed by atoms with Crippen molar-refractivity contribution in [3.63, 3.8) is 0 Å². The Morgan fingerprint density at radius 2 is 1.80 bits per heavy atom. The summed E-state index contributed by atoms with van der Waals surface area (Å²) in [7, 11) is 1.28. The van der Waals surface area contributed by atoms with Crippen LogP contribution in [0.25, 0.3) is 0 Å². The van der Waals surface area contributed by atoms with Crippen molar-refractivity contribution in [3.05, 3.63) is 105 Å². The average Bonchev–Trinajstić information content (AvgIpc) is 2.94. The van der Waals surface area contributed by atoms with E-state index >= 15 is 0 Å². The standard InChI is InChI=1S/C29H28Cl2N2O7/c1-16(35)24(14-34)33-26(22-11-10-19(30)13-23(22)31)25(20-8-3-4-9-21(20)28(33)37)27(36)32-40-15-17-6-5-7-18(12-17)29(38)39-2/h3-13,16,24-26,34-35H,14-15H2,1-2H3,(H,32,36)/t16-,24-,25+,26-/m0/s1. The van der Waals surface area contributed by atoms with Crippen molar-refractivity contribution in [2.24, 2.45) is 0 Å². The number of carbonyl (C=O) groups is 3. The molecule has 0 unspecified atom stereocenters. The van der Waals surface area contributed by atoms with Gasteiger partial charge in [0.15, 0.2) is 0 Å². The number of aliphatic hydroxyl groups is 2. The van der Waals surface area contributed by atoms with Crippen LogP contribution in [-0.2, 0) is 21.0 Å². The fourth-order valence-corrected chi connectivity index (χ4v) is 5.42. The summed E-state index contributed by atoms with van der Waals surface area (Å²) in [6.45, 7) is 0.831. The van der Waals surface area contributed by atoms with E-state index in [-0.39, 0.29) is 17.2 Å². The van der Waals surface area contributed by atoms with E-state index in [0.29, 0.717) is 27.3 Å². The number of rotatable bonds is 9. The van der Waals surface area contributed by atoms with Crippen LogP contribution in [0.1, 0.15) is 56.3 Å². The molecule has 0 aromatic heterocycles. The Morgan fingerprint density at radius 1 is 1.05 bits per heavy atom. The molecule has 4 rings (SSSR count). The van der Waals surface area contributed by atoms with Crippen molar-refractivity contribution < 1.29 is 34.2 Å². The van der Waals surface area contributed by atoms with Gasteiger partial charge in [0.2, 0.25) is 0 Å². The Labute approximate surface area is 241 Å². The third-order valence-corrected chi connectivity index (χ3v) is 7.36. The quantitative estimate of drug-likeness (QED) is 0.255. The van der Waals surface area contributed by atoms with E-state index in [1.807, 2.05) is 0 Å². The van der Waals surface area contributed by atoms with Crippen LogP contribution >= 0.6 is 23.2 Å². The summed E-state index contributed by atoms with van der Waals surface area (Å²) in [5, 5.41) is 21.3. The molecule has 9 nitrogen and oxygen atoms in total. The lowest BCUT2D eigenvalue weighted by molar-refractivity contribution is -0.138. The van der Waals surface area contributed by atoms with Crippen molar-refractivity contribution in [1.29, 1.82) is 0 Å². The molecule has 4 atom stereocenters. The average molecular weight is 587 g/mol. The summed E-state index contributed by atoms with van der Waals surface area (Å²) >= 11 is 12.7. The molecule has 0 spiro atoms. The molecule has 0 radical (unpaired) electrons. The van der Waals surface area contributed by atoms with E-state index in [9.17, 15) is 24.6 Å². The molecule has 0 bridgehead atoms. The highest BCUT2D eigenvalue weighted by molar-refractivity contribution is 6.35. The van der Waals surface area contributed by atoms with Crippen LogP contribution in [0.5, 0.6) is 0 Å². The van der Waals surface area contributed by atoms with Crippen molar-refractivity contribution in [3.8, 4) is 0 Å². The number of halogens is 2. The minimum absolute atomic E-state index is 0.0626. The number of aliphatic hydroxyl groups excluding tert-OH is 2. The first-order valence-electron chi connectivity index (χ1n) is 12.4. The Bertz CT molecular complexity index is 1410. The molecule has 1 aliphatic rings. The first-order chi connectivity index (χ1) is 19.2. The fourth-order valence-electron chi connectivity index (χ4n) is 4.90. The van der Waals surface area contributed by atoms with Crippen LogP contribution in [-0.4, -0.2) is 58.8 Å². The molecule has 0 fully saturated rings. The van der Waals surface area contributed by atoms with Gasteiger partial charge in [0, 0.05) is 15.6 Å². The molecule has 11 heteroatoms. The highest BCUT2D eigenvalue weighted by atomic mass is 35.5. The molecule has 3 aromatic rings. The van der Waals surface area contributed by atoms with Gasteiger partial charge in [-0.1, -0.05) is 59.6 Å². The summed E-state index contributed by atoms with van der Waals surface area (Å²) in [6, 6.07) is 15.8. The van der Waals surface area contributed by atoms with E-state index in [1.54, 1.807) is 60.7 Å². The van der Waals surface area contributed by atoms with Gasteiger partial charge in [0.25, 0.3) is 11.8 Å². The van der Waals surface area contributed by atoms with Crippen LogP contribution in [0.4, 0.5) is 0 Å². The predicted octanol–water partition coefficient (Wildman–Crippen LogP) is 4.05. The fraction of sp³-hybridized carbons (Fsp3) is 0.276. The molecule has 0 saturated carbocycles. The van der Waals surface area contributed by atoms with Crippen molar-refractivity contribution >= 4 is 41.0 Å². The SMILES string of the molecule is COC(=O)c1cccc(CONC(=O)[C@@H]2c3ccccc3C(=O)N([C@@H](CO)[C@H](C)O)[C@H]2c2ccc(Cl)cc2Cl)c1. The van der Waals surface area contributed by atoms with Gasteiger partial charge in [-0.3, -0.25) is 14.4 Å².